The minimum atomic E-state index is 1.11. The minimum Gasteiger partial charge on any atom is -0.310 e. The summed E-state index contributed by atoms with van der Waals surface area (Å²) in [6.07, 6.45) is 0. The van der Waals surface area contributed by atoms with Crippen LogP contribution in [-0.2, 0) is 0 Å². The van der Waals surface area contributed by atoms with Crippen LogP contribution in [0.25, 0.3) is 81.7 Å². The van der Waals surface area contributed by atoms with Gasteiger partial charge in [0, 0.05) is 38.6 Å². The Kier molecular flexibility index (Phi) is 6.90. The standard InChI is InChI=1S/C52H34N2/c1-2-12-35(13-3-1)37-24-27-41(28-25-37)53(42-30-31-45-40(33-42)23-22-38-15-6-7-17-44(38)45)51-34-49-47-19-10-11-21-50(47)54(52(49)48-20-9-8-18-46(48)51)43-29-26-36-14-4-5-16-39(36)32-43/h1-34H. The number of aromatic nitrogens is 1. The molecule has 0 amide bonds. The predicted molar refractivity (Wildman–Crippen MR) is 231 cm³/mol. The smallest absolute Gasteiger partial charge is 0.0621 e. The molecule has 0 atom stereocenters. The van der Waals surface area contributed by atoms with E-state index in [1.807, 2.05) is 0 Å². The van der Waals surface area contributed by atoms with Crippen molar-refractivity contribution in [3.05, 3.63) is 206 Å². The van der Waals surface area contributed by atoms with Gasteiger partial charge < -0.3 is 9.47 Å². The van der Waals surface area contributed by atoms with E-state index in [9.17, 15) is 0 Å². The van der Waals surface area contributed by atoms with Crippen LogP contribution < -0.4 is 4.90 Å². The number of hydrogen-bond acceptors (Lipinski definition) is 1. The highest BCUT2D eigenvalue weighted by molar-refractivity contribution is 6.23. The Bertz CT molecular complexity index is 3210. The van der Waals surface area contributed by atoms with E-state index in [0.717, 1.165) is 22.7 Å². The molecule has 1 aromatic heterocycles. The number of fused-ring (bicyclic) bond motifs is 9. The van der Waals surface area contributed by atoms with Gasteiger partial charge in [0.2, 0.25) is 0 Å². The van der Waals surface area contributed by atoms with E-state index in [2.05, 4.69) is 216 Å². The van der Waals surface area contributed by atoms with Crippen LogP contribution in [0, 0.1) is 0 Å². The van der Waals surface area contributed by atoms with Gasteiger partial charge in [0.25, 0.3) is 0 Å². The minimum absolute atomic E-state index is 1.11. The van der Waals surface area contributed by atoms with Crippen molar-refractivity contribution in [3.63, 3.8) is 0 Å². The van der Waals surface area contributed by atoms with Crippen molar-refractivity contribution < 1.29 is 0 Å². The summed E-state index contributed by atoms with van der Waals surface area (Å²) in [6.45, 7) is 0. The fourth-order valence-corrected chi connectivity index (χ4v) is 8.57. The van der Waals surface area contributed by atoms with Crippen molar-refractivity contribution in [1.29, 1.82) is 0 Å². The first-order chi connectivity index (χ1) is 26.8. The van der Waals surface area contributed by atoms with E-state index in [-0.39, 0.29) is 0 Å². The van der Waals surface area contributed by atoms with Crippen molar-refractivity contribution in [1.82, 2.24) is 4.57 Å². The molecular formula is C52H34N2. The van der Waals surface area contributed by atoms with Crippen LogP contribution in [0.5, 0.6) is 0 Å². The van der Waals surface area contributed by atoms with Gasteiger partial charge in [-0.05, 0) is 92.0 Å². The molecule has 0 fully saturated rings. The van der Waals surface area contributed by atoms with E-state index >= 15 is 0 Å². The number of para-hydroxylation sites is 1. The summed E-state index contributed by atoms with van der Waals surface area (Å²) in [7, 11) is 0. The molecule has 0 unspecified atom stereocenters. The first-order valence-electron chi connectivity index (χ1n) is 18.6. The Labute approximate surface area is 313 Å². The third-order valence-corrected chi connectivity index (χ3v) is 11.1. The molecular weight excluding hydrogens is 653 g/mol. The van der Waals surface area contributed by atoms with Crippen LogP contribution in [-0.4, -0.2) is 4.57 Å². The summed E-state index contributed by atoms with van der Waals surface area (Å²) in [4.78, 5) is 2.45. The fraction of sp³-hybridized carbons (Fsp3) is 0. The van der Waals surface area contributed by atoms with Gasteiger partial charge in [0.15, 0.2) is 0 Å². The third kappa shape index (κ3) is 4.81. The zero-order chi connectivity index (χ0) is 35.6. The Morgan fingerprint density at radius 1 is 0.315 bits per heavy atom. The van der Waals surface area contributed by atoms with Crippen molar-refractivity contribution >= 4 is 82.0 Å². The van der Waals surface area contributed by atoms with Gasteiger partial charge in [0.1, 0.15) is 0 Å². The Morgan fingerprint density at radius 3 is 1.74 bits per heavy atom. The van der Waals surface area contributed by atoms with Crippen LogP contribution in [0.15, 0.2) is 206 Å². The lowest BCUT2D eigenvalue weighted by Crippen LogP contribution is -2.11. The Hall–Kier alpha value is -7.16. The first kappa shape index (κ1) is 30.5. The predicted octanol–water partition coefficient (Wildman–Crippen LogP) is 14.5. The van der Waals surface area contributed by atoms with Crippen LogP contribution >= 0.6 is 0 Å². The summed E-state index contributed by atoms with van der Waals surface area (Å²) >= 11 is 0. The van der Waals surface area contributed by atoms with Gasteiger partial charge in [-0.15, -0.1) is 0 Å². The maximum atomic E-state index is 2.46. The van der Waals surface area contributed by atoms with Crippen LogP contribution in [0.4, 0.5) is 17.1 Å². The number of nitrogens with zero attached hydrogens (tertiary/aromatic N) is 2. The maximum Gasteiger partial charge on any atom is 0.0621 e. The number of hydrogen-bond donors (Lipinski definition) is 0. The number of anilines is 3. The molecule has 0 aliphatic rings. The van der Waals surface area contributed by atoms with E-state index in [4.69, 9.17) is 0 Å². The molecule has 0 bridgehead atoms. The molecule has 0 aliphatic heterocycles. The van der Waals surface area contributed by atoms with Gasteiger partial charge >= 0.3 is 0 Å². The topological polar surface area (TPSA) is 8.17 Å². The monoisotopic (exact) mass is 686 g/mol. The lowest BCUT2D eigenvalue weighted by molar-refractivity contribution is 1.19. The summed E-state index contributed by atoms with van der Waals surface area (Å²) < 4.78 is 2.46. The number of rotatable bonds is 5. The Balaban J connectivity index is 1.20. The molecule has 0 radical (unpaired) electrons. The van der Waals surface area contributed by atoms with Crippen molar-refractivity contribution in [2.75, 3.05) is 4.90 Å². The molecule has 252 valence electrons. The van der Waals surface area contributed by atoms with Crippen LogP contribution in [0.3, 0.4) is 0 Å². The second-order valence-electron chi connectivity index (χ2n) is 14.2. The number of benzene rings is 10. The first-order valence-corrected chi connectivity index (χ1v) is 18.6. The average molecular weight is 687 g/mol. The Morgan fingerprint density at radius 2 is 0.907 bits per heavy atom. The molecule has 10 aromatic carbocycles. The second-order valence-corrected chi connectivity index (χ2v) is 14.2. The second kappa shape index (κ2) is 12.2. The SMILES string of the molecule is c1ccc(-c2ccc(N(c3ccc4c(ccc5ccccc54)c3)c3cc4c5ccccc5n(-c5ccc6ccccc6c5)c4c4ccccc34)cc2)cc1. The average Bonchev–Trinajstić information content (AvgIpc) is 3.58. The van der Waals surface area contributed by atoms with Crippen molar-refractivity contribution in [2.24, 2.45) is 0 Å². The molecule has 2 nitrogen and oxygen atoms in total. The summed E-state index contributed by atoms with van der Waals surface area (Å²) in [6, 6.07) is 75.4. The summed E-state index contributed by atoms with van der Waals surface area (Å²) in [5.41, 5.74) is 9.35. The zero-order valence-electron chi connectivity index (χ0n) is 29.5. The summed E-state index contributed by atoms with van der Waals surface area (Å²) in [5.74, 6) is 0. The molecule has 54 heavy (non-hydrogen) atoms. The normalized spacial score (nSPS) is 11.7. The van der Waals surface area contributed by atoms with E-state index in [0.29, 0.717) is 0 Å². The fourth-order valence-electron chi connectivity index (χ4n) is 8.57. The lowest BCUT2D eigenvalue weighted by atomic mass is 9.99. The molecule has 11 rings (SSSR count). The highest BCUT2D eigenvalue weighted by atomic mass is 15.1. The van der Waals surface area contributed by atoms with Gasteiger partial charge in [-0.1, -0.05) is 158 Å². The van der Waals surface area contributed by atoms with Crippen molar-refractivity contribution in [3.8, 4) is 16.8 Å². The molecule has 1 heterocycles. The molecule has 0 saturated carbocycles. The van der Waals surface area contributed by atoms with Crippen LogP contribution in [0.1, 0.15) is 0 Å². The zero-order valence-corrected chi connectivity index (χ0v) is 29.5. The van der Waals surface area contributed by atoms with Gasteiger partial charge in [-0.2, -0.15) is 0 Å². The molecule has 0 aliphatic carbocycles. The molecule has 0 N–H and O–H groups in total. The van der Waals surface area contributed by atoms with Crippen molar-refractivity contribution in [2.45, 2.75) is 0 Å². The molecule has 0 spiro atoms. The van der Waals surface area contributed by atoms with Gasteiger partial charge in [0.05, 0.1) is 16.7 Å². The maximum absolute atomic E-state index is 2.46. The van der Waals surface area contributed by atoms with E-state index < -0.39 is 0 Å². The quantitative estimate of drug-likeness (QED) is 0.164. The highest BCUT2D eigenvalue weighted by Gasteiger charge is 2.22. The highest BCUT2D eigenvalue weighted by Crippen LogP contribution is 2.46. The third-order valence-electron chi connectivity index (χ3n) is 11.1. The molecule has 0 saturated heterocycles. The largest absolute Gasteiger partial charge is 0.310 e. The van der Waals surface area contributed by atoms with Gasteiger partial charge in [-0.25, -0.2) is 0 Å². The van der Waals surface area contributed by atoms with Gasteiger partial charge in [-0.3, -0.25) is 0 Å². The van der Waals surface area contributed by atoms with E-state index in [1.165, 1.54) is 76.0 Å². The van der Waals surface area contributed by atoms with E-state index in [1.54, 1.807) is 0 Å². The summed E-state index contributed by atoms with van der Waals surface area (Å²) in [5, 5.41) is 12.3. The van der Waals surface area contributed by atoms with Crippen LogP contribution in [0.2, 0.25) is 0 Å². The lowest BCUT2D eigenvalue weighted by Gasteiger charge is -2.28. The molecule has 11 aromatic rings. The molecule has 2 heteroatoms.